The summed E-state index contributed by atoms with van der Waals surface area (Å²) in [7, 11) is 0. The van der Waals surface area contributed by atoms with Gasteiger partial charge in [0, 0.05) is 26.7 Å². The monoisotopic (exact) mass is 432 g/mol. The lowest BCUT2D eigenvalue weighted by Crippen LogP contribution is -2.18. The van der Waals surface area contributed by atoms with Gasteiger partial charge < -0.3 is 9.88 Å². The van der Waals surface area contributed by atoms with Crippen LogP contribution in [0.15, 0.2) is 48.5 Å². The average molecular weight is 432 g/mol. The highest BCUT2D eigenvalue weighted by Crippen LogP contribution is 2.27. The molecule has 0 radical (unpaired) electrons. The summed E-state index contributed by atoms with van der Waals surface area (Å²) in [6.07, 6.45) is 2.16. The minimum atomic E-state index is -0.0407. The molecule has 124 valence electrons. The normalized spacial score (nSPS) is 11.0. The van der Waals surface area contributed by atoms with Gasteiger partial charge in [-0.2, -0.15) is 0 Å². The molecule has 1 N–H and O–H groups in total. The molecule has 3 aromatic rings. The molecule has 0 saturated carbocycles. The number of carbonyl (C=O) groups is 1. The molecule has 1 heterocycles. The Morgan fingerprint density at radius 1 is 1.12 bits per heavy atom. The van der Waals surface area contributed by atoms with E-state index in [9.17, 15) is 4.79 Å². The van der Waals surface area contributed by atoms with Crippen molar-refractivity contribution in [2.24, 2.45) is 0 Å². The number of aromatic nitrogens is 1. The maximum absolute atomic E-state index is 12.9. The molecule has 0 unspecified atom stereocenters. The summed E-state index contributed by atoms with van der Waals surface area (Å²) in [4.78, 5) is 12.9. The van der Waals surface area contributed by atoms with Gasteiger partial charge >= 0.3 is 0 Å². The Kier molecular flexibility index (Phi) is 5.23. The molecule has 0 bridgehead atoms. The second-order valence-electron chi connectivity index (χ2n) is 5.96. The molecule has 3 nitrogen and oxygen atoms in total. The molecule has 0 aliphatic carbocycles. The predicted molar refractivity (Wildman–Crippen MR) is 109 cm³/mol. The fourth-order valence-corrected chi connectivity index (χ4v) is 3.40. The Balaban J connectivity index is 2.01. The van der Waals surface area contributed by atoms with Gasteiger partial charge in [0.2, 0.25) is 0 Å². The number of aryl methyl sites for hydroxylation is 2. The molecule has 4 heteroatoms. The molecule has 0 atom stereocenters. The van der Waals surface area contributed by atoms with Crippen molar-refractivity contribution in [2.45, 2.75) is 33.2 Å². The second kappa shape index (κ2) is 7.38. The Hall–Kier alpha value is -1.82. The summed E-state index contributed by atoms with van der Waals surface area (Å²) in [6, 6.07) is 16.1. The highest BCUT2D eigenvalue weighted by Gasteiger charge is 2.19. The van der Waals surface area contributed by atoms with E-state index in [-0.39, 0.29) is 5.91 Å². The van der Waals surface area contributed by atoms with Crippen LogP contribution in [0.3, 0.4) is 0 Å². The number of fused-ring (bicyclic) bond motifs is 1. The standard InChI is InChI=1S/C20H21IN2O/c1-3-4-13-23-18-8-6-5-7-17(18)14(2)19(23)20(24)22-16-11-9-15(21)10-12-16/h5-12H,3-4,13H2,1-2H3,(H,22,24). The third-order valence-corrected chi connectivity index (χ3v) is 5.00. The Morgan fingerprint density at radius 3 is 2.54 bits per heavy atom. The largest absolute Gasteiger partial charge is 0.336 e. The first-order valence-electron chi connectivity index (χ1n) is 8.26. The number of hydrogen-bond donors (Lipinski definition) is 1. The summed E-state index contributed by atoms with van der Waals surface area (Å²) >= 11 is 2.26. The van der Waals surface area contributed by atoms with E-state index in [1.54, 1.807) is 0 Å². The van der Waals surface area contributed by atoms with E-state index in [1.807, 2.05) is 43.3 Å². The number of halogens is 1. The summed E-state index contributed by atoms with van der Waals surface area (Å²) in [5.41, 5.74) is 3.77. The third kappa shape index (κ3) is 3.34. The molecule has 3 rings (SSSR count). The van der Waals surface area contributed by atoms with E-state index in [4.69, 9.17) is 0 Å². The maximum Gasteiger partial charge on any atom is 0.272 e. The van der Waals surface area contributed by atoms with Crippen LogP contribution in [0.25, 0.3) is 10.9 Å². The summed E-state index contributed by atoms with van der Waals surface area (Å²) in [6.45, 7) is 5.07. The zero-order chi connectivity index (χ0) is 17.1. The molecule has 0 fully saturated rings. The molecule has 0 aliphatic rings. The number of benzene rings is 2. The van der Waals surface area contributed by atoms with Crippen molar-refractivity contribution in [1.82, 2.24) is 4.57 Å². The van der Waals surface area contributed by atoms with Crippen LogP contribution < -0.4 is 5.32 Å². The average Bonchev–Trinajstić information content (AvgIpc) is 2.88. The topological polar surface area (TPSA) is 34.0 Å². The van der Waals surface area contributed by atoms with Crippen LogP contribution in [-0.4, -0.2) is 10.5 Å². The molecule has 1 amide bonds. The van der Waals surface area contributed by atoms with Crippen molar-refractivity contribution in [3.05, 3.63) is 63.4 Å². The van der Waals surface area contributed by atoms with E-state index >= 15 is 0 Å². The van der Waals surface area contributed by atoms with Crippen LogP contribution in [0.2, 0.25) is 0 Å². The van der Waals surface area contributed by atoms with Crippen molar-refractivity contribution in [1.29, 1.82) is 0 Å². The highest BCUT2D eigenvalue weighted by molar-refractivity contribution is 14.1. The van der Waals surface area contributed by atoms with Gasteiger partial charge in [-0.05, 0) is 71.8 Å². The minimum Gasteiger partial charge on any atom is -0.336 e. The Labute approximate surface area is 156 Å². The second-order valence-corrected chi connectivity index (χ2v) is 7.20. The number of para-hydroxylation sites is 1. The van der Waals surface area contributed by atoms with Crippen molar-refractivity contribution in [3.63, 3.8) is 0 Å². The molecule has 1 aromatic heterocycles. The zero-order valence-electron chi connectivity index (χ0n) is 14.0. The van der Waals surface area contributed by atoms with Crippen LogP contribution in [0.4, 0.5) is 5.69 Å². The fourth-order valence-electron chi connectivity index (χ4n) is 3.04. The first-order chi connectivity index (χ1) is 11.6. The lowest BCUT2D eigenvalue weighted by atomic mass is 10.1. The summed E-state index contributed by atoms with van der Waals surface area (Å²) < 4.78 is 3.31. The number of amides is 1. The van der Waals surface area contributed by atoms with Gasteiger partial charge in [-0.3, -0.25) is 4.79 Å². The molecule has 24 heavy (non-hydrogen) atoms. The van der Waals surface area contributed by atoms with Crippen molar-refractivity contribution in [2.75, 3.05) is 5.32 Å². The predicted octanol–water partition coefficient (Wildman–Crippen LogP) is 5.61. The minimum absolute atomic E-state index is 0.0407. The molecule has 2 aromatic carbocycles. The van der Waals surface area contributed by atoms with E-state index in [0.29, 0.717) is 0 Å². The number of hydrogen-bond acceptors (Lipinski definition) is 1. The number of nitrogens with zero attached hydrogens (tertiary/aromatic N) is 1. The van der Waals surface area contributed by atoms with Crippen molar-refractivity contribution >= 4 is 45.1 Å². The van der Waals surface area contributed by atoms with Crippen molar-refractivity contribution < 1.29 is 4.79 Å². The zero-order valence-corrected chi connectivity index (χ0v) is 16.1. The Bertz CT molecular complexity index is 865. The van der Waals surface area contributed by atoms with Crippen LogP contribution in [0, 0.1) is 10.5 Å². The van der Waals surface area contributed by atoms with E-state index in [0.717, 1.165) is 50.8 Å². The number of anilines is 1. The van der Waals surface area contributed by atoms with Gasteiger partial charge in [-0.25, -0.2) is 0 Å². The molecule has 0 aliphatic heterocycles. The van der Waals surface area contributed by atoms with Gasteiger partial charge in [0.05, 0.1) is 0 Å². The number of nitrogens with one attached hydrogen (secondary N) is 1. The first kappa shape index (κ1) is 17.0. The number of unbranched alkanes of at least 4 members (excludes halogenated alkanes) is 1. The van der Waals surface area contributed by atoms with Gasteiger partial charge in [0.1, 0.15) is 5.69 Å². The van der Waals surface area contributed by atoms with E-state index in [1.165, 1.54) is 0 Å². The third-order valence-electron chi connectivity index (χ3n) is 4.28. The highest BCUT2D eigenvalue weighted by atomic mass is 127. The van der Waals surface area contributed by atoms with Crippen LogP contribution in [0.5, 0.6) is 0 Å². The van der Waals surface area contributed by atoms with Crippen LogP contribution in [-0.2, 0) is 6.54 Å². The lowest BCUT2D eigenvalue weighted by molar-refractivity contribution is 0.101. The van der Waals surface area contributed by atoms with Gasteiger partial charge in [0.15, 0.2) is 0 Å². The Morgan fingerprint density at radius 2 is 1.83 bits per heavy atom. The molecular weight excluding hydrogens is 411 g/mol. The quantitative estimate of drug-likeness (QED) is 0.523. The van der Waals surface area contributed by atoms with E-state index in [2.05, 4.69) is 51.5 Å². The SMILES string of the molecule is CCCCn1c(C(=O)Nc2ccc(I)cc2)c(C)c2ccccc21. The number of carbonyl (C=O) groups excluding carboxylic acids is 1. The number of rotatable bonds is 5. The van der Waals surface area contributed by atoms with Crippen molar-refractivity contribution in [3.8, 4) is 0 Å². The van der Waals surface area contributed by atoms with Crippen LogP contribution >= 0.6 is 22.6 Å². The summed E-state index contributed by atoms with van der Waals surface area (Å²) in [5, 5.41) is 4.19. The summed E-state index contributed by atoms with van der Waals surface area (Å²) in [5.74, 6) is -0.0407. The molecule has 0 saturated heterocycles. The smallest absolute Gasteiger partial charge is 0.272 e. The fraction of sp³-hybridized carbons (Fsp3) is 0.250. The molecule has 0 spiro atoms. The maximum atomic E-state index is 12.9. The van der Waals surface area contributed by atoms with Gasteiger partial charge in [-0.15, -0.1) is 0 Å². The van der Waals surface area contributed by atoms with E-state index < -0.39 is 0 Å². The van der Waals surface area contributed by atoms with Gasteiger partial charge in [0.25, 0.3) is 5.91 Å². The van der Waals surface area contributed by atoms with Crippen LogP contribution in [0.1, 0.15) is 35.8 Å². The first-order valence-corrected chi connectivity index (χ1v) is 9.34. The molecular formula is C20H21IN2O. The lowest BCUT2D eigenvalue weighted by Gasteiger charge is -2.11. The van der Waals surface area contributed by atoms with Gasteiger partial charge in [-0.1, -0.05) is 31.5 Å².